The van der Waals surface area contributed by atoms with Crippen LogP contribution in [0.2, 0.25) is 0 Å². The highest BCUT2D eigenvalue weighted by Crippen LogP contribution is 2.26. The maximum atomic E-state index is 13.0. The largest absolute Gasteiger partial charge is 0.459 e. The van der Waals surface area contributed by atoms with E-state index < -0.39 is 30.4 Å². The lowest BCUT2D eigenvalue weighted by Gasteiger charge is -2.34. The SMILES string of the molecule is O=C(COC(=O)[C@@H]1Cc2ccccc2CN1C(=O)c1ccco1)Nc1cccc2ncccc12. The third-order valence-corrected chi connectivity index (χ3v) is 5.78. The van der Waals surface area contributed by atoms with Crippen molar-refractivity contribution in [1.29, 1.82) is 0 Å². The number of fused-ring (bicyclic) bond motifs is 2. The van der Waals surface area contributed by atoms with Crippen LogP contribution in [-0.2, 0) is 27.3 Å². The zero-order valence-electron chi connectivity index (χ0n) is 18.1. The van der Waals surface area contributed by atoms with E-state index in [4.69, 9.17) is 9.15 Å². The normalized spacial score (nSPS) is 14.9. The molecule has 34 heavy (non-hydrogen) atoms. The van der Waals surface area contributed by atoms with Gasteiger partial charge in [-0.3, -0.25) is 14.6 Å². The number of amides is 2. The van der Waals surface area contributed by atoms with E-state index in [9.17, 15) is 14.4 Å². The second-order valence-corrected chi connectivity index (χ2v) is 7.93. The molecule has 1 N–H and O–H groups in total. The Hall–Kier alpha value is -4.46. The van der Waals surface area contributed by atoms with E-state index in [2.05, 4.69) is 10.3 Å². The Kier molecular flexibility index (Phi) is 5.78. The zero-order valence-corrected chi connectivity index (χ0v) is 18.1. The number of rotatable bonds is 5. The molecule has 1 aliphatic rings. The Morgan fingerprint density at radius 2 is 1.85 bits per heavy atom. The minimum atomic E-state index is -0.873. The minimum absolute atomic E-state index is 0.138. The van der Waals surface area contributed by atoms with Crippen molar-refractivity contribution in [3.8, 4) is 0 Å². The van der Waals surface area contributed by atoms with Gasteiger partial charge in [0.25, 0.3) is 11.8 Å². The van der Waals surface area contributed by atoms with Gasteiger partial charge in [0.15, 0.2) is 12.4 Å². The molecule has 0 radical (unpaired) electrons. The third-order valence-electron chi connectivity index (χ3n) is 5.78. The number of carbonyl (C=O) groups is 3. The molecule has 8 nitrogen and oxygen atoms in total. The topological polar surface area (TPSA) is 102 Å². The minimum Gasteiger partial charge on any atom is -0.459 e. The van der Waals surface area contributed by atoms with E-state index >= 15 is 0 Å². The van der Waals surface area contributed by atoms with Gasteiger partial charge in [0.2, 0.25) is 0 Å². The van der Waals surface area contributed by atoms with Crippen molar-refractivity contribution in [1.82, 2.24) is 9.88 Å². The monoisotopic (exact) mass is 455 g/mol. The number of furan rings is 1. The third kappa shape index (κ3) is 4.25. The van der Waals surface area contributed by atoms with Crippen molar-refractivity contribution < 1.29 is 23.5 Å². The zero-order chi connectivity index (χ0) is 23.5. The highest BCUT2D eigenvalue weighted by atomic mass is 16.5. The van der Waals surface area contributed by atoms with E-state index in [1.165, 1.54) is 11.2 Å². The number of nitrogens with zero attached hydrogens (tertiary/aromatic N) is 2. The highest BCUT2D eigenvalue weighted by molar-refractivity contribution is 6.02. The van der Waals surface area contributed by atoms with Gasteiger partial charge in [-0.2, -0.15) is 0 Å². The van der Waals surface area contributed by atoms with Gasteiger partial charge < -0.3 is 19.4 Å². The number of ether oxygens (including phenoxy) is 1. The fourth-order valence-corrected chi connectivity index (χ4v) is 4.12. The lowest BCUT2D eigenvalue weighted by atomic mass is 9.93. The van der Waals surface area contributed by atoms with E-state index in [-0.39, 0.29) is 18.7 Å². The van der Waals surface area contributed by atoms with Gasteiger partial charge in [0.05, 0.1) is 17.5 Å². The Balaban J connectivity index is 1.30. The summed E-state index contributed by atoms with van der Waals surface area (Å²) in [5.41, 5.74) is 3.23. The summed E-state index contributed by atoms with van der Waals surface area (Å²) in [5.74, 6) is -1.40. The second kappa shape index (κ2) is 9.19. The summed E-state index contributed by atoms with van der Waals surface area (Å²) < 4.78 is 10.6. The first-order chi connectivity index (χ1) is 16.6. The lowest BCUT2D eigenvalue weighted by Crippen LogP contribution is -2.49. The van der Waals surface area contributed by atoms with Gasteiger partial charge in [-0.15, -0.1) is 0 Å². The number of esters is 1. The van der Waals surface area contributed by atoms with Gasteiger partial charge in [-0.25, -0.2) is 4.79 Å². The van der Waals surface area contributed by atoms with Crippen LogP contribution in [-0.4, -0.2) is 40.3 Å². The first kappa shape index (κ1) is 21.4. The van der Waals surface area contributed by atoms with E-state index in [1.54, 1.807) is 36.5 Å². The van der Waals surface area contributed by atoms with Crippen LogP contribution in [0.1, 0.15) is 21.7 Å². The van der Waals surface area contributed by atoms with Crippen molar-refractivity contribution in [3.05, 3.63) is 96.1 Å². The first-order valence-corrected chi connectivity index (χ1v) is 10.8. The molecule has 5 rings (SSSR count). The smallest absolute Gasteiger partial charge is 0.329 e. The maximum Gasteiger partial charge on any atom is 0.329 e. The number of hydrogen-bond donors (Lipinski definition) is 1. The summed E-state index contributed by atoms with van der Waals surface area (Å²) in [6.07, 6.45) is 3.37. The number of pyridine rings is 1. The predicted octanol–water partition coefficient (Wildman–Crippen LogP) is 3.58. The van der Waals surface area contributed by atoms with E-state index in [1.807, 2.05) is 36.4 Å². The van der Waals surface area contributed by atoms with Gasteiger partial charge in [-0.05, 0) is 47.5 Å². The molecule has 8 heteroatoms. The molecule has 4 aromatic rings. The van der Waals surface area contributed by atoms with Crippen molar-refractivity contribution >= 4 is 34.4 Å². The van der Waals surface area contributed by atoms with Gasteiger partial charge in [0, 0.05) is 24.5 Å². The van der Waals surface area contributed by atoms with Crippen molar-refractivity contribution in [2.75, 3.05) is 11.9 Å². The van der Waals surface area contributed by atoms with Crippen LogP contribution in [0.4, 0.5) is 5.69 Å². The van der Waals surface area contributed by atoms with Crippen LogP contribution in [0.15, 0.2) is 83.6 Å². The molecule has 0 aliphatic carbocycles. The molecule has 0 unspecified atom stereocenters. The molecule has 0 bridgehead atoms. The van der Waals surface area contributed by atoms with Crippen LogP contribution < -0.4 is 5.32 Å². The molecule has 0 fully saturated rings. The van der Waals surface area contributed by atoms with Crippen LogP contribution in [0.5, 0.6) is 0 Å². The van der Waals surface area contributed by atoms with Crippen LogP contribution in [0.25, 0.3) is 10.9 Å². The maximum absolute atomic E-state index is 13.0. The van der Waals surface area contributed by atoms with Crippen molar-refractivity contribution in [2.45, 2.75) is 19.0 Å². The van der Waals surface area contributed by atoms with Crippen molar-refractivity contribution in [3.63, 3.8) is 0 Å². The van der Waals surface area contributed by atoms with Crippen LogP contribution in [0, 0.1) is 0 Å². The molecular formula is C26H21N3O5. The molecule has 0 saturated heterocycles. The lowest BCUT2D eigenvalue weighted by molar-refractivity contribution is -0.152. The predicted molar refractivity (Wildman–Crippen MR) is 124 cm³/mol. The Morgan fingerprint density at radius 1 is 1.00 bits per heavy atom. The van der Waals surface area contributed by atoms with E-state index in [0.29, 0.717) is 5.69 Å². The van der Waals surface area contributed by atoms with Gasteiger partial charge in [0.1, 0.15) is 6.04 Å². The summed E-state index contributed by atoms with van der Waals surface area (Å²) in [6.45, 7) is -0.235. The number of aromatic nitrogens is 1. The Morgan fingerprint density at radius 3 is 2.68 bits per heavy atom. The molecule has 0 saturated carbocycles. The molecule has 1 atom stereocenters. The Bertz CT molecular complexity index is 1360. The fourth-order valence-electron chi connectivity index (χ4n) is 4.12. The number of hydrogen-bond acceptors (Lipinski definition) is 6. The molecule has 2 amide bonds. The number of benzene rings is 2. The average molecular weight is 455 g/mol. The fraction of sp³-hybridized carbons (Fsp3) is 0.154. The highest BCUT2D eigenvalue weighted by Gasteiger charge is 2.37. The summed E-state index contributed by atoms with van der Waals surface area (Å²) in [5, 5.41) is 3.54. The van der Waals surface area contributed by atoms with Gasteiger partial charge in [-0.1, -0.05) is 30.3 Å². The van der Waals surface area contributed by atoms with Crippen LogP contribution in [0.3, 0.4) is 0 Å². The molecule has 0 spiro atoms. The van der Waals surface area contributed by atoms with E-state index in [0.717, 1.165) is 22.0 Å². The Labute approximate surface area is 195 Å². The average Bonchev–Trinajstić information content (AvgIpc) is 3.41. The van der Waals surface area contributed by atoms with Gasteiger partial charge >= 0.3 is 5.97 Å². The standard InChI is InChI=1S/C26H21N3O5/c30-24(28-21-10-3-9-20-19(21)8-4-12-27-20)16-34-26(32)22-14-17-6-1-2-7-18(17)15-29(22)25(31)23-11-5-13-33-23/h1-13,22H,14-16H2,(H,28,30)/t22-/m0/s1. The van der Waals surface area contributed by atoms with Crippen molar-refractivity contribution in [2.24, 2.45) is 0 Å². The second-order valence-electron chi connectivity index (χ2n) is 7.93. The summed E-state index contributed by atoms with van der Waals surface area (Å²) in [6, 6.07) is 18.9. The molecular weight excluding hydrogens is 434 g/mol. The summed E-state index contributed by atoms with van der Waals surface area (Å²) in [4.78, 5) is 44.3. The molecule has 2 aromatic heterocycles. The number of anilines is 1. The summed E-state index contributed by atoms with van der Waals surface area (Å²) >= 11 is 0. The molecule has 3 heterocycles. The van der Waals surface area contributed by atoms with Crippen LogP contribution >= 0.6 is 0 Å². The summed E-state index contributed by atoms with van der Waals surface area (Å²) in [7, 11) is 0. The first-order valence-electron chi connectivity index (χ1n) is 10.8. The quantitative estimate of drug-likeness (QED) is 0.462. The molecule has 2 aromatic carbocycles. The molecule has 170 valence electrons. The molecule has 1 aliphatic heterocycles. The number of nitrogens with one attached hydrogen (secondary N) is 1. The number of carbonyl (C=O) groups excluding carboxylic acids is 3.